The molecule has 23 heavy (non-hydrogen) atoms. The Morgan fingerprint density at radius 3 is 2.09 bits per heavy atom. The van der Waals surface area contributed by atoms with Gasteiger partial charge in [0.2, 0.25) is 0 Å². The molecule has 0 bridgehead atoms. The molecular weight excluding hydrogens is 321 g/mol. The highest BCUT2D eigenvalue weighted by molar-refractivity contribution is 7.12. The van der Waals surface area contributed by atoms with Crippen molar-refractivity contribution in [3.8, 4) is 0 Å². The van der Waals surface area contributed by atoms with Crippen LogP contribution in [0.15, 0.2) is 12.1 Å². The molecule has 5 heteroatoms. The second-order valence-electron chi connectivity index (χ2n) is 7.55. The summed E-state index contributed by atoms with van der Waals surface area (Å²) in [7, 11) is 0. The van der Waals surface area contributed by atoms with E-state index in [0.717, 1.165) is 30.7 Å². The second-order valence-corrected chi connectivity index (χ2v) is 8.63. The van der Waals surface area contributed by atoms with Crippen molar-refractivity contribution < 1.29 is 18.3 Å². The summed E-state index contributed by atoms with van der Waals surface area (Å²) in [6.07, 6.45) is 3.92. The van der Waals surface area contributed by atoms with Crippen LogP contribution in [0.4, 0.5) is 13.2 Å². The van der Waals surface area contributed by atoms with E-state index in [-0.39, 0.29) is 0 Å². The molecule has 0 atom stereocenters. The lowest BCUT2D eigenvalue weighted by Crippen LogP contribution is -2.34. The Hall–Kier alpha value is -0.550. The van der Waals surface area contributed by atoms with Gasteiger partial charge in [0.05, 0.1) is 5.60 Å². The van der Waals surface area contributed by atoms with E-state index >= 15 is 0 Å². The summed E-state index contributed by atoms with van der Waals surface area (Å²) in [5, 5.41) is 10.8. The average Bonchev–Trinajstić information content (AvgIpc) is 3.00. The predicted molar refractivity (Wildman–Crippen MR) is 86.3 cm³/mol. The molecule has 1 aromatic heterocycles. The molecule has 0 amide bonds. The summed E-state index contributed by atoms with van der Waals surface area (Å²) < 4.78 is 38.3. The van der Waals surface area contributed by atoms with Crippen molar-refractivity contribution in [2.75, 3.05) is 0 Å². The Labute approximate surface area is 139 Å². The molecule has 2 aliphatic rings. The van der Waals surface area contributed by atoms with Gasteiger partial charge in [-0.1, -0.05) is 19.8 Å². The Balaban J connectivity index is 1.62. The van der Waals surface area contributed by atoms with E-state index in [2.05, 4.69) is 6.92 Å². The molecule has 0 spiro atoms. The number of hydrogen-bond donors (Lipinski definition) is 1. The van der Waals surface area contributed by atoms with Crippen molar-refractivity contribution in [3.63, 3.8) is 0 Å². The fourth-order valence-electron chi connectivity index (χ4n) is 4.33. The van der Waals surface area contributed by atoms with Crippen molar-refractivity contribution in [2.24, 2.45) is 17.8 Å². The number of halogens is 3. The number of alkyl halides is 3. The Bertz CT molecular complexity index is 521. The van der Waals surface area contributed by atoms with Crippen LogP contribution in [0.25, 0.3) is 0 Å². The first-order chi connectivity index (χ1) is 10.8. The maximum Gasteiger partial charge on any atom is 0.425 e. The zero-order chi connectivity index (χ0) is 16.7. The van der Waals surface area contributed by atoms with Crippen LogP contribution < -0.4 is 0 Å². The predicted octanol–water partition coefficient (Wildman–Crippen LogP) is 5.97. The molecule has 0 unspecified atom stereocenters. The quantitative estimate of drug-likeness (QED) is 0.699. The minimum absolute atomic E-state index is 0.487. The minimum atomic E-state index is -4.31. The molecule has 1 aromatic rings. The van der Waals surface area contributed by atoms with Crippen molar-refractivity contribution in [1.82, 2.24) is 0 Å². The van der Waals surface area contributed by atoms with Gasteiger partial charge in [-0.2, -0.15) is 13.2 Å². The summed E-state index contributed by atoms with van der Waals surface area (Å²) in [4.78, 5) is -0.121. The lowest BCUT2D eigenvalue weighted by atomic mass is 9.68. The summed E-state index contributed by atoms with van der Waals surface area (Å²) >= 11 is 0.707. The third kappa shape index (κ3) is 3.76. The number of hydrogen-bond acceptors (Lipinski definition) is 2. The second kappa shape index (κ2) is 6.40. The zero-order valence-electron chi connectivity index (χ0n) is 13.5. The van der Waals surface area contributed by atoms with E-state index < -0.39 is 16.7 Å². The maximum atomic E-state index is 12.8. The van der Waals surface area contributed by atoms with E-state index in [1.54, 1.807) is 0 Å². The number of thiophene rings is 1. The summed E-state index contributed by atoms with van der Waals surface area (Å²) in [6.45, 7) is 2.31. The highest BCUT2D eigenvalue weighted by Crippen LogP contribution is 2.48. The first-order valence-electron chi connectivity index (χ1n) is 8.68. The molecule has 1 N–H and O–H groups in total. The van der Waals surface area contributed by atoms with Crippen molar-refractivity contribution >= 4 is 11.3 Å². The van der Waals surface area contributed by atoms with Crippen LogP contribution in [0, 0.1) is 17.8 Å². The Morgan fingerprint density at radius 1 is 1.00 bits per heavy atom. The molecule has 0 radical (unpaired) electrons. The topological polar surface area (TPSA) is 20.2 Å². The summed E-state index contributed by atoms with van der Waals surface area (Å²) in [5.74, 6) is 2.23. The van der Waals surface area contributed by atoms with E-state index in [9.17, 15) is 18.3 Å². The van der Waals surface area contributed by atoms with Crippen molar-refractivity contribution in [2.45, 2.75) is 70.1 Å². The van der Waals surface area contributed by atoms with Gasteiger partial charge in [0.1, 0.15) is 4.88 Å². The summed E-state index contributed by atoms with van der Waals surface area (Å²) in [6, 6.07) is 2.57. The molecule has 3 rings (SSSR count). The third-order valence-electron chi connectivity index (χ3n) is 5.93. The van der Waals surface area contributed by atoms with Crippen LogP contribution in [0.3, 0.4) is 0 Å². The number of aliphatic hydroxyl groups is 1. The molecule has 0 aliphatic heterocycles. The van der Waals surface area contributed by atoms with Crippen molar-refractivity contribution in [3.05, 3.63) is 21.9 Å². The Kier molecular flexibility index (Phi) is 4.81. The van der Waals surface area contributed by atoms with Gasteiger partial charge < -0.3 is 5.11 Å². The van der Waals surface area contributed by atoms with Crippen LogP contribution in [0.1, 0.15) is 68.0 Å². The molecule has 130 valence electrons. The van der Waals surface area contributed by atoms with E-state index in [1.807, 2.05) is 0 Å². The smallest absolute Gasteiger partial charge is 0.384 e. The molecule has 2 fully saturated rings. The SMILES string of the molecule is CC1CCC(C2CCC(O)(c3ccc(C(F)(F)F)s3)CC2)CC1. The average molecular weight is 346 g/mol. The molecule has 1 heterocycles. The van der Waals surface area contributed by atoms with Crippen LogP contribution in [-0.4, -0.2) is 5.11 Å². The van der Waals surface area contributed by atoms with Gasteiger partial charge >= 0.3 is 6.18 Å². The van der Waals surface area contributed by atoms with Gasteiger partial charge in [0.25, 0.3) is 0 Å². The van der Waals surface area contributed by atoms with Gasteiger partial charge in [-0.15, -0.1) is 11.3 Å². The monoisotopic (exact) mass is 346 g/mol. The van der Waals surface area contributed by atoms with Crippen LogP contribution >= 0.6 is 11.3 Å². The van der Waals surface area contributed by atoms with Gasteiger partial charge in [-0.3, -0.25) is 0 Å². The zero-order valence-corrected chi connectivity index (χ0v) is 14.3. The normalized spacial score (nSPS) is 36.1. The molecule has 0 aromatic carbocycles. The molecular formula is C18H25F3OS. The first-order valence-corrected chi connectivity index (χ1v) is 9.49. The van der Waals surface area contributed by atoms with Crippen molar-refractivity contribution in [1.29, 1.82) is 0 Å². The van der Waals surface area contributed by atoms with Gasteiger partial charge in [-0.25, -0.2) is 0 Å². The maximum absolute atomic E-state index is 12.8. The largest absolute Gasteiger partial charge is 0.425 e. The minimum Gasteiger partial charge on any atom is -0.384 e. The van der Waals surface area contributed by atoms with Gasteiger partial charge in [-0.05, 0) is 68.4 Å². The van der Waals surface area contributed by atoms with Gasteiger partial charge in [0.15, 0.2) is 0 Å². The standard InChI is InChI=1S/C18H25F3OS/c1-12-2-4-13(5-3-12)14-8-10-17(22,11-9-14)15-6-7-16(23-15)18(19,20)21/h6-7,12-14,22H,2-5,8-11H2,1H3. The van der Waals surface area contributed by atoms with E-state index in [0.29, 0.717) is 35.0 Å². The lowest BCUT2D eigenvalue weighted by Gasteiger charge is -2.40. The van der Waals surface area contributed by atoms with Gasteiger partial charge in [0, 0.05) is 4.88 Å². The first kappa shape index (κ1) is 17.3. The number of rotatable bonds is 2. The van der Waals surface area contributed by atoms with E-state index in [4.69, 9.17) is 0 Å². The molecule has 2 aliphatic carbocycles. The van der Waals surface area contributed by atoms with Crippen LogP contribution in [-0.2, 0) is 11.8 Å². The molecule has 1 nitrogen and oxygen atoms in total. The highest BCUT2D eigenvalue weighted by Gasteiger charge is 2.41. The molecule has 0 saturated heterocycles. The lowest BCUT2D eigenvalue weighted by molar-refractivity contribution is -0.134. The van der Waals surface area contributed by atoms with Crippen LogP contribution in [0.2, 0.25) is 0 Å². The van der Waals surface area contributed by atoms with E-state index in [1.165, 1.54) is 31.7 Å². The summed E-state index contributed by atoms with van der Waals surface area (Å²) in [5.41, 5.74) is -1.05. The fraction of sp³-hybridized carbons (Fsp3) is 0.778. The Morgan fingerprint density at radius 2 is 1.57 bits per heavy atom. The highest BCUT2D eigenvalue weighted by atomic mass is 32.1. The van der Waals surface area contributed by atoms with Crippen LogP contribution in [0.5, 0.6) is 0 Å². The fourth-order valence-corrected chi connectivity index (χ4v) is 5.35. The molecule has 2 saturated carbocycles. The third-order valence-corrected chi connectivity index (χ3v) is 7.25.